The monoisotopic (exact) mass is 334 g/mol. The standard InChI is InChI=1S/C11H15IN2O2/c1-6(16-2)5-8-13-10(7-3-4-7)9(12)11(15)14-8/h6-7H,3-5H2,1-2H3,(H,13,14,15). The first-order valence-electron chi connectivity index (χ1n) is 5.43. The number of nitrogens with one attached hydrogen (secondary N) is 1. The molecule has 0 amide bonds. The molecule has 1 aromatic rings. The van der Waals surface area contributed by atoms with Crippen LogP contribution in [0.15, 0.2) is 4.79 Å². The summed E-state index contributed by atoms with van der Waals surface area (Å²) in [5, 5.41) is 0. The molecule has 1 saturated carbocycles. The summed E-state index contributed by atoms with van der Waals surface area (Å²) in [4.78, 5) is 19.1. The van der Waals surface area contributed by atoms with E-state index in [1.807, 2.05) is 6.92 Å². The van der Waals surface area contributed by atoms with E-state index < -0.39 is 0 Å². The Balaban J connectivity index is 2.29. The SMILES string of the molecule is COC(C)Cc1nc(C2CC2)c(I)c(=O)[nH]1. The average Bonchev–Trinajstić information content (AvgIpc) is 3.06. The van der Waals surface area contributed by atoms with Gasteiger partial charge in [0.1, 0.15) is 5.82 Å². The molecule has 1 aromatic heterocycles. The molecule has 1 atom stereocenters. The van der Waals surface area contributed by atoms with E-state index in [1.165, 1.54) is 0 Å². The van der Waals surface area contributed by atoms with E-state index in [1.54, 1.807) is 7.11 Å². The van der Waals surface area contributed by atoms with Crippen LogP contribution >= 0.6 is 22.6 Å². The summed E-state index contributed by atoms with van der Waals surface area (Å²) in [7, 11) is 1.66. The van der Waals surface area contributed by atoms with Gasteiger partial charge in [-0.2, -0.15) is 0 Å². The summed E-state index contributed by atoms with van der Waals surface area (Å²) in [6, 6.07) is 0. The summed E-state index contributed by atoms with van der Waals surface area (Å²) in [6.45, 7) is 1.97. The number of ether oxygens (including phenoxy) is 1. The number of nitrogens with zero attached hydrogens (tertiary/aromatic N) is 1. The number of hydrogen-bond acceptors (Lipinski definition) is 3. The fourth-order valence-corrected chi connectivity index (χ4v) is 2.30. The number of hydrogen-bond donors (Lipinski definition) is 1. The van der Waals surface area contributed by atoms with Crippen LogP contribution in [0.5, 0.6) is 0 Å². The molecule has 16 heavy (non-hydrogen) atoms. The first-order valence-corrected chi connectivity index (χ1v) is 6.51. The molecule has 0 aromatic carbocycles. The maximum atomic E-state index is 11.7. The fourth-order valence-electron chi connectivity index (χ4n) is 1.60. The van der Waals surface area contributed by atoms with Crippen molar-refractivity contribution in [1.29, 1.82) is 0 Å². The predicted molar refractivity (Wildman–Crippen MR) is 69.7 cm³/mol. The zero-order valence-corrected chi connectivity index (χ0v) is 11.6. The lowest BCUT2D eigenvalue weighted by Gasteiger charge is -2.10. The van der Waals surface area contributed by atoms with Gasteiger partial charge in [0, 0.05) is 19.4 Å². The van der Waals surface area contributed by atoms with Gasteiger partial charge in [-0.3, -0.25) is 4.79 Å². The van der Waals surface area contributed by atoms with E-state index in [0.717, 1.165) is 27.9 Å². The van der Waals surface area contributed by atoms with Gasteiger partial charge in [-0.15, -0.1) is 0 Å². The van der Waals surface area contributed by atoms with E-state index >= 15 is 0 Å². The van der Waals surface area contributed by atoms with E-state index in [2.05, 4.69) is 32.6 Å². The summed E-state index contributed by atoms with van der Waals surface area (Å²) < 4.78 is 5.92. The maximum absolute atomic E-state index is 11.7. The Morgan fingerprint density at radius 3 is 2.88 bits per heavy atom. The number of rotatable bonds is 4. The zero-order valence-electron chi connectivity index (χ0n) is 9.42. The van der Waals surface area contributed by atoms with Crippen LogP contribution in [0.1, 0.15) is 37.2 Å². The third-order valence-corrected chi connectivity index (χ3v) is 3.83. The quantitative estimate of drug-likeness (QED) is 0.855. The van der Waals surface area contributed by atoms with Crippen molar-refractivity contribution in [1.82, 2.24) is 9.97 Å². The molecule has 1 unspecified atom stereocenters. The number of methoxy groups -OCH3 is 1. The molecule has 0 bridgehead atoms. The molecule has 0 spiro atoms. The molecule has 0 saturated heterocycles. The number of aromatic amines is 1. The Labute approximate surface area is 108 Å². The summed E-state index contributed by atoms with van der Waals surface area (Å²) in [5.41, 5.74) is 0.957. The topological polar surface area (TPSA) is 55.0 Å². The molecule has 88 valence electrons. The molecule has 2 rings (SSSR count). The van der Waals surface area contributed by atoms with E-state index in [0.29, 0.717) is 12.3 Å². The van der Waals surface area contributed by atoms with Crippen molar-refractivity contribution in [2.24, 2.45) is 0 Å². The molecule has 1 aliphatic rings. The van der Waals surface area contributed by atoms with Crippen LogP contribution in [0.25, 0.3) is 0 Å². The Morgan fingerprint density at radius 2 is 2.31 bits per heavy atom. The van der Waals surface area contributed by atoms with Crippen LogP contribution in [0.2, 0.25) is 0 Å². The van der Waals surface area contributed by atoms with E-state index in [4.69, 9.17) is 4.74 Å². The van der Waals surface area contributed by atoms with Crippen molar-refractivity contribution in [2.45, 2.75) is 38.2 Å². The molecule has 4 nitrogen and oxygen atoms in total. The molecule has 1 heterocycles. The van der Waals surface area contributed by atoms with E-state index in [9.17, 15) is 4.79 Å². The predicted octanol–water partition coefficient (Wildman–Crippen LogP) is 1.83. The summed E-state index contributed by atoms with van der Waals surface area (Å²) in [6.07, 6.45) is 3.05. The number of H-pyrrole nitrogens is 1. The van der Waals surface area contributed by atoms with Crippen LogP contribution in [0, 0.1) is 3.57 Å². The van der Waals surface area contributed by atoms with Gasteiger partial charge in [0.25, 0.3) is 5.56 Å². The minimum Gasteiger partial charge on any atom is -0.381 e. The van der Waals surface area contributed by atoms with Crippen molar-refractivity contribution in [3.05, 3.63) is 25.4 Å². The lowest BCUT2D eigenvalue weighted by atomic mass is 10.2. The lowest BCUT2D eigenvalue weighted by Crippen LogP contribution is -2.21. The maximum Gasteiger partial charge on any atom is 0.264 e. The van der Waals surface area contributed by atoms with Gasteiger partial charge in [0.05, 0.1) is 15.4 Å². The normalized spacial score (nSPS) is 17.4. The Bertz CT molecular complexity index is 440. The lowest BCUT2D eigenvalue weighted by molar-refractivity contribution is 0.117. The molecular weight excluding hydrogens is 319 g/mol. The molecular formula is C11H15IN2O2. The van der Waals surface area contributed by atoms with Crippen molar-refractivity contribution in [3.8, 4) is 0 Å². The van der Waals surface area contributed by atoms with Gasteiger partial charge in [-0.1, -0.05) is 0 Å². The van der Waals surface area contributed by atoms with Gasteiger partial charge < -0.3 is 9.72 Å². The molecule has 1 aliphatic carbocycles. The fraction of sp³-hybridized carbons (Fsp3) is 0.636. The van der Waals surface area contributed by atoms with Crippen LogP contribution in [-0.4, -0.2) is 23.2 Å². The second-order valence-corrected chi connectivity index (χ2v) is 5.32. The highest BCUT2D eigenvalue weighted by Gasteiger charge is 2.28. The molecule has 0 radical (unpaired) electrons. The molecule has 1 N–H and O–H groups in total. The second kappa shape index (κ2) is 4.83. The smallest absolute Gasteiger partial charge is 0.264 e. The molecule has 1 fully saturated rings. The third kappa shape index (κ3) is 2.63. The van der Waals surface area contributed by atoms with Crippen molar-refractivity contribution < 1.29 is 4.74 Å². The second-order valence-electron chi connectivity index (χ2n) is 4.24. The largest absolute Gasteiger partial charge is 0.381 e. The summed E-state index contributed by atoms with van der Waals surface area (Å²) in [5.74, 6) is 1.24. The highest BCUT2D eigenvalue weighted by atomic mass is 127. The van der Waals surface area contributed by atoms with E-state index in [-0.39, 0.29) is 11.7 Å². The highest BCUT2D eigenvalue weighted by molar-refractivity contribution is 14.1. The van der Waals surface area contributed by atoms with Crippen LogP contribution < -0.4 is 5.56 Å². The Morgan fingerprint density at radius 1 is 1.62 bits per heavy atom. The Hall–Kier alpha value is -0.430. The first-order chi connectivity index (χ1) is 7.61. The van der Waals surface area contributed by atoms with Gasteiger partial charge >= 0.3 is 0 Å². The van der Waals surface area contributed by atoms with Crippen molar-refractivity contribution in [3.63, 3.8) is 0 Å². The first kappa shape index (κ1) is 12.0. The van der Waals surface area contributed by atoms with Crippen LogP contribution in [-0.2, 0) is 11.2 Å². The van der Waals surface area contributed by atoms with Gasteiger partial charge in [-0.05, 0) is 42.4 Å². The molecule has 5 heteroatoms. The average molecular weight is 334 g/mol. The Kier molecular flexibility index (Phi) is 3.63. The minimum absolute atomic E-state index is 0.0178. The number of halogens is 1. The third-order valence-electron chi connectivity index (χ3n) is 2.78. The highest BCUT2D eigenvalue weighted by Crippen LogP contribution is 2.40. The van der Waals surface area contributed by atoms with Gasteiger partial charge in [-0.25, -0.2) is 4.98 Å². The zero-order chi connectivity index (χ0) is 11.7. The van der Waals surface area contributed by atoms with Gasteiger partial charge in [0.2, 0.25) is 0 Å². The van der Waals surface area contributed by atoms with Crippen LogP contribution in [0.4, 0.5) is 0 Å². The van der Waals surface area contributed by atoms with Crippen LogP contribution in [0.3, 0.4) is 0 Å². The van der Waals surface area contributed by atoms with Crippen molar-refractivity contribution in [2.75, 3.05) is 7.11 Å². The summed E-state index contributed by atoms with van der Waals surface area (Å²) >= 11 is 2.08. The number of aromatic nitrogens is 2. The molecule has 0 aliphatic heterocycles. The minimum atomic E-state index is -0.0178. The van der Waals surface area contributed by atoms with Gasteiger partial charge in [0.15, 0.2) is 0 Å². The van der Waals surface area contributed by atoms with Crippen molar-refractivity contribution >= 4 is 22.6 Å².